The van der Waals surface area contributed by atoms with Crippen LogP contribution in [0.5, 0.6) is 0 Å². The Kier molecular flexibility index (Phi) is 7.09. The van der Waals surface area contributed by atoms with Gasteiger partial charge in [-0.3, -0.25) is 0 Å². The molecule has 3 N–H and O–H groups in total. The van der Waals surface area contributed by atoms with Gasteiger partial charge in [0.2, 0.25) is 0 Å². The highest BCUT2D eigenvalue weighted by molar-refractivity contribution is 6.31. The van der Waals surface area contributed by atoms with Crippen LogP contribution in [0.25, 0.3) is 0 Å². The average Bonchev–Trinajstić information content (AvgIpc) is 2.40. The third kappa shape index (κ3) is 5.32. The van der Waals surface area contributed by atoms with E-state index >= 15 is 0 Å². The van der Waals surface area contributed by atoms with Crippen molar-refractivity contribution in [3.05, 3.63) is 22.8 Å². The van der Waals surface area contributed by atoms with Crippen molar-refractivity contribution in [3.63, 3.8) is 0 Å². The molecule has 0 atom stereocenters. The first-order valence-corrected chi connectivity index (χ1v) is 6.70. The lowest BCUT2D eigenvalue weighted by Gasteiger charge is -2.14. The number of halogens is 1. The van der Waals surface area contributed by atoms with Crippen molar-refractivity contribution in [1.29, 1.82) is 0 Å². The van der Waals surface area contributed by atoms with Gasteiger partial charge in [0.05, 0.1) is 5.02 Å². The van der Waals surface area contributed by atoms with Crippen molar-refractivity contribution in [1.82, 2.24) is 10.3 Å². The zero-order valence-corrected chi connectivity index (χ0v) is 12.2. The Labute approximate surface area is 119 Å². The molecule has 0 fully saturated rings. The molecular formula is C13H22ClN3O2. The largest absolute Gasteiger partial charge is 0.396 e. The number of hydrogen-bond donors (Lipinski definition) is 3. The van der Waals surface area contributed by atoms with Crippen LogP contribution >= 0.6 is 11.6 Å². The zero-order chi connectivity index (χ0) is 14.3. The van der Waals surface area contributed by atoms with Gasteiger partial charge >= 0.3 is 0 Å². The van der Waals surface area contributed by atoms with Crippen molar-refractivity contribution >= 4 is 17.4 Å². The summed E-state index contributed by atoms with van der Waals surface area (Å²) in [5.74, 6) is 0.770. The van der Waals surface area contributed by atoms with Gasteiger partial charge in [-0.25, -0.2) is 4.98 Å². The summed E-state index contributed by atoms with van der Waals surface area (Å²) in [6.07, 6.45) is 2.49. The smallest absolute Gasteiger partial charge is 0.129 e. The molecule has 1 aromatic rings. The fourth-order valence-electron chi connectivity index (χ4n) is 1.59. The van der Waals surface area contributed by atoms with E-state index in [-0.39, 0.29) is 19.1 Å². The van der Waals surface area contributed by atoms with E-state index in [2.05, 4.69) is 10.3 Å². The van der Waals surface area contributed by atoms with E-state index in [1.807, 2.05) is 25.1 Å². The first-order chi connectivity index (χ1) is 9.08. The minimum Gasteiger partial charge on any atom is -0.396 e. The van der Waals surface area contributed by atoms with E-state index in [1.54, 1.807) is 6.20 Å². The summed E-state index contributed by atoms with van der Waals surface area (Å²) in [5.41, 5.74) is 0.941. The van der Waals surface area contributed by atoms with Crippen molar-refractivity contribution in [2.45, 2.75) is 13.0 Å². The molecule has 0 bridgehead atoms. The van der Waals surface area contributed by atoms with Gasteiger partial charge in [-0.05, 0) is 19.0 Å². The molecule has 0 aliphatic carbocycles. The molecule has 1 aromatic heterocycles. The Bertz CT molecular complexity index is 384. The number of aliphatic hydroxyl groups excluding tert-OH is 2. The van der Waals surface area contributed by atoms with Crippen molar-refractivity contribution in [2.24, 2.45) is 5.92 Å². The average molecular weight is 288 g/mol. The third-order valence-corrected chi connectivity index (χ3v) is 3.29. The molecule has 5 nitrogen and oxygen atoms in total. The Morgan fingerprint density at radius 1 is 1.37 bits per heavy atom. The Morgan fingerprint density at radius 3 is 2.58 bits per heavy atom. The lowest BCUT2D eigenvalue weighted by Crippen LogP contribution is -2.21. The molecule has 0 aromatic carbocycles. The predicted molar refractivity (Wildman–Crippen MR) is 77.6 cm³/mol. The summed E-state index contributed by atoms with van der Waals surface area (Å²) in [6, 6.07) is 1.84. The van der Waals surface area contributed by atoms with Gasteiger partial charge in [0.1, 0.15) is 5.82 Å². The first-order valence-electron chi connectivity index (χ1n) is 6.32. The summed E-state index contributed by atoms with van der Waals surface area (Å²) in [4.78, 5) is 6.21. The number of aromatic nitrogens is 1. The minimum atomic E-state index is -0.0581. The Hall–Kier alpha value is -0.880. The quantitative estimate of drug-likeness (QED) is 0.620. The summed E-state index contributed by atoms with van der Waals surface area (Å²) in [7, 11) is 3.83. The van der Waals surface area contributed by atoms with Crippen LogP contribution in [0.3, 0.4) is 0 Å². The Balaban J connectivity index is 2.41. The lowest BCUT2D eigenvalue weighted by molar-refractivity contribution is 0.143. The molecule has 0 unspecified atom stereocenters. The van der Waals surface area contributed by atoms with Crippen molar-refractivity contribution in [2.75, 3.05) is 38.8 Å². The maximum absolute atomic E-state index is 8.95. The van der Waals surface area contributed by atoms with Crippen LogP contribution in [-0.4, -0.2) is 49.1 Å². The van der Waals surface area contributed by atoms with Gasteiger partial charge in [0, 0.05) is 51.5 Å². The number of hydrogen-bond acceptors (Lipinski definition) is 5. The molecule has 0 amide bonds. The normalized spacial score (nSPS) is 11.1. The highest BCUT2D eigenvalue weighted by atomic mass is 35.5. The van der Waals surface area contributed by atoms with Gasteiger partial charge in [-0.2, -0.15) is 0 Å². The number of anilines is 1. The van der Waals surface area contributed by atoms with Crippen LogP contribution in [0.15, 0.2) is 12.3 Å². The van der Waals surface area contributed by atoms with Gasteiger partial charge in [0.25, 0.3) is 0 Å². The molecule has 0 radical (unpaired) electrons. The summed E-state index contributed by atoms with van der Waals surface area (Å²) in [5, 5.41) is 21.8. The van der Waals surface area contributed by atoms with E-state index in [0.29, 0.717) is 11.6 Å². The van der Waals surface area contributed by atoms with Crippen LogP contribution in [0.4, 0.5) is 5.82 Å². The van der Waals surface area contributed by atoms with Crippen LogP contribution in [0.1, 0.15) is 12.0 Å². The molecule has 0 aliphatic heterocycles. The third-order valence-electron chi connectivity index (χ3n) is 2.93. The maximum Gasteiger partial charge on any atom is 0.129 e. The monoisotopic (exact) mass is 287 g/mol. The molecule has 0 saturated carbocycles. The van der Waals surface area contributed by atoms with Crippen LogP contribution in [0.2, 0.25) is 5.02 Å². The van der Waals surface area contributed by atoms with E-state index in [1.165, 1.54) is 0 Å². The van der Waals surface area contributed by atoms with E-state index in [0.717, 1.165) is 24.3 Å². The molecule has 0 aliphatic rings. The van der Waals surface area contributed by atoms with Gasteiger partial charge in [-0.15, -0.1) is 0 Å². The summed E-state index contributed by atoms with van der Waals surface area (Å²) < 4.78 is 0. The molecule has 108 valence electrons. The van der Waals surface area contributed by atoms with Crippen molar-refractivity contribution in [3.8, 4) is 0 Å². The molecule has 0 saturated heterocycles. The van der Waals surface area contributed by atoms with Gasteiger partial charge in [0.15, 0.2) is 0 Å². The highest BCUT2D eigenvalue weighted by Gasteiger charge is 2.07. The molecular weight excluding hydrogens is 266 g/mol. The SMILES string of the molecule is CN(C)c1cc(Cl)c(CNCCC(CO)CO)cn1. The lowest BCUT2D eigenvalue weighted by atomic mass is 10.1. The number of nitrogens with one attached hydrogen (secondary N) is 1. The predicted octanol–water partition coefficient (Wildman–Crippen LogP) is 0.881. The zero-order valence-electron chi connectivity index (χ0n) is 11.4. The second-order valence-electron chi connectivity index (χ2n) is 4.72. The Morgan fingerprint density at radius 2 is 2.05 bits per heavy atom. The second-order valence-corrected chi connectivity index (χ2v) is 5.13. The van der Waals surface area contributed by atoms with Crippen LogP contribution in [0, 0.1) is 5.92 Å². The van der Waals surface area contributed by atoms with Crippen molar-refractivity contribution < 1.29 is 10.2 Å². The number of rotatable bonds is 8. The van der Waals surface area contributed by atoms with E-state index in [4.69, 9.17) is 21.8 Å². The van der Waals surface area contributed by atoms with Gasteiger partial charge in [-0.1, -0.05) is 11.6 Å². The van der Waals surface area contributed by atoms with Crippen LogP contribution < -0.4 is 10.2 Å². The van der Waals surface area contributed by atoms with Crippen LogP contribution in [-0.2, 0) is 6.54 Å². The topological polar surface area (TPSA) is 68.6 Å². The molecule has 19 heavy (non-hydrogen) atoms. The maximum atomic E-state index is 8.95. The molecule has 1 rings (SSSR count). The highest BCUT2D eigenvalue weighted by Crippen LogP contribution is 2.19. The first kappa shape index (κ1) is 16.2. The number of nitrogens with zero attached hydrogens (tertiary/aromatic N) is 2. The number of aliphatic hydroxyl groups is 2. The second kappa shape index (κ2) is 8.32. The molecule has 1 heterocycles. The summed E-state index contributed by atoms with van der Waals surface area (Å²) >= 11 is 6.18. The standard InChI is InChI=1S/C13H22ClN3O2/c1-17(2)13-5-12(14)11(7-16-13)6-15-4-3-10(8-18)9-19/h5,7,10,15,18-19H,3-4,6,8-9H2,1-2H3. The summed E-state index contributed by atoms with van der Waals surface area (Å²) in [6.45, 7) is 1.37. The van der Waals surface area contributed by atoms with E-state index in [9.17, 15) is 0 Å². The van der Waals surface area contributed by atoms with E-state index < -0.39 is 0 Å². The van der Waals surface area contributed by atoms with Gasteiger partial charge < -0.3 is 20.4 Å². The molecule has 0 spiro atoms. The fraction of sp³-hybridized carbons (Fsp3) is 0.615. The fourth-order valence-corrected chi connectivity index (χ4v) is 1.81. The number of pyridine rings is 1. The molecule has 6 heteroatoms. The minimum absolute atomic E-state index is 0.0119.